The van der Waals surface area contributed by atoms with Crippen LogP contribution in [0.25, 0.3) is 6.08 Å². The normalized spacial score (nSPS) is 26.9. The Morgan fingerprint density at radius 1 is 0.763 bits per heavy atom. The second-order valence-corrected chi connectivity index (χ2v) is 32.3. The van der Waals surface area contributed by atoms with Gasteiger partial charge in [-0.2, -0.15) is 0 Å². The lowest BCUT2D eigenvalue weighted by molar-refractivity contribution is -0.131. The van der Waals surface area contributed by atoms with Gasteiger partial charge in [0.05, 0.1) is 70.3 Å². The number of nitrogens with zero attached hydrogens (tertiary/aromatic N) is 7. The van der Waals surface area contributed by atoms with Gasteiger partial charge in [-0.3, -0.25) is 68.0 Å². The third-order valence-corrected chi connectivity index (χ3v) is 24.3. The van der Waals surface area contributed by atoms with Gasteiger partial charge in [-0.05, 0) is 85.8 Å². The van der Waals surface area contributed by atoms with Crippen molar-refractivity contribution in [3.63, 3.8) is 0 Å². The number of allylic oxidation sites excluding steroid dienone is 1. The van der Waals surface area contributed by atoms with E-state index >= 15 is 14.4 Å². The first-order valence-electron chi connectivity index (χ1n) is 35.6. The third-order valence-electron chi connectivity index (χ3n) is 19.5. The number of rotatable bonds is 12. The minimum absolute atomic E-state index is 0.0158. The highest BCUT2D eigenvalue weighted by Gasteiger charge is 2.51. The molecule has 2 unspecified atom stereocenters. The third kappa shape index (κ3) is 18.6. The van der Waals surface area contributed by atoms with Crippen molar-refractivity contribution in [2.45, 2.75) is 185 Å². The van der Waals surface area contributed by atoms with Crippen LogP contribution in [0.5, 0.6) is 0 Å². The smallest absolute Gasteiger partial charge is 0.357 e. The molecule has 5 aliphatic rings. The second-order valence-electron chi connectivity index (χ2n) is 27.8. The van der Waals surface area contributed by atoms with Crippen molar-refractivity contribution in [3.8, 4) is 0 Å². The van der Waals surface area contributed by atoms with Crippen LogP contribution in [-0.4, -0.2) is 198 Å². The number of fused-ring (bicyclic) bond motifs is 7. The molecule has 11 amide bonds. The molecular formula is C72H85N19O18S5. The van der Waals surface area contributed by atoms with E-state index in [-0.39, 0.29) is 94.7 Å². The van der Waals surface area contributed by atoms with Crippen LogP contribution in [0.1, 0.15) is 203 Å². The predicted molar refractivity (Wildman–Crippen MR) is 418 cm³/mol. The van der Waals surface area contributed by atoms with E-state index in [1.165, 1.54) is 88.2 Å². The fourth-order valence-corrected chi connectivity index (χ4v) is 17.2. The Labute approximate surface area is 671 Å². The number of nitrogens with one attached hydrogen (secondary N) is 11. The number of aliphatic hydroxyl groups excluding tert-OH is 4. The first kappa shape index (κ1) is 85.9. The number of thioether (sulfide) groups is 1. The molecule has 37 nitrogen and oxygen atoms in total. The molecule has 0 spiro atoms. The zero-order valence-electron chi connectivity index (χ0n) is 63.0. The lowest BCUT2D eigenvalue weighted by Crippen LogP contribution is -2.57. The number of hydrogen-bond donors (Lipinski definition) is 17. The van der Waals surface area contributed by atoms with E-state index in [9.17, 15) is 68.7 Å². The number of esters is 1. The number of amides is 11. The Balaban J connectivity index is 1.18. The zero-order valence-corrected chi connectivity index (χ0v) is 67.1. The SMILES string of the molecule is C=C(NC(=O)C(=C)NC(=O)c1csc(C2=N[C@@H]3c4csc(n4)[C@H]4NC(=O)c5csc(n5)[C@H]([C@](C)(O)[C@@H](C)O)NC(=O)[C@H]5CSC(=N5)/C(=C/C)NC(=O)C([C@@H](C)O)NC(=O)c5csc(n5)[C@]3(CC2)NC(=O)[C@H](C)NC(=O)C(=C)NC(=O)[C@H](C)NC(=O)C([C@@H](C)CC)N[C@@H]2C=Cc3c([C@H](C)O)cc(nc3[C@H]2O)C(=O)O[C@@H]4C)n1)C(N)=O. The number of aromatic nitrogens is 5. The highest BCUT2D eigenvalue weighted by Crippen LogP contribution is 2.48. The van der Waals surface area contributed by atoms with E-state index in [1.54, 1.807) is 26.8 Å². The summed E-state index contributed by atoms with van der Waals surface area (Å²) in [5.41, 5.74) is -1.79. The summed E-state index contributed by atoms with van der Waals surface area (Å²) in [7, 11) is 0. The number of nitrogens with two attached hydrogens (primary N) is 1. The number of carbonyl (C=O) groups is 12. The minimum atomic E-state index is -2.21. The Kier molecular flexibility index (Phi) is 26.7. The molecular weight excluding hydrogens is 1580 g/mol. The number of ether oxygens (including phenoxy) is 1. The van der Waals surface area contributed by atoms with E-state index in [0.29, 0.717) is 6.42 Å². The van der Waals surface area contributed by atoms with Gasteiger partial charge in [-0.1, -0.05) is 58.2 Å². The monoisotopic (exact) mass is 1660 g/mol. The van der Waals surface area contributed by atoms with Crippen LogP contribution < -0.4 is 64.2 Å². The Morgan fingerprint density at radius 2 is 1.45 bits per heavy atom. The molecule has 0 aromatic carbocycles. The van der Waals surface area contributed by atoms with Gasteiger partial charge in [-0.15, -0.1) is 57.1 Å². The first-order valence-corrected chi connectivity index (χ1v) is 40.1. The van der Waals surface area contributed by atoms with Crippen LogP contribution in [-0.2, 0) is 48.6 Å². The topological polar surface area (TPSA) is 563 Å². The molecule has 17 atom stereocenters. The van der Waals surface area contributed by atoms with Crippen LogP contribution in [0.2, 0.25) is 0 Å². The van der Waals surface area contributed by atoms with Gasteiger partial charge in [-0.25, -0.2) is 29.7 Å². The molecule has 606 valence electrons. The number of aliphatic imine (C=N–C) groups is 2. The Morgan fingerprint density at radius 3 is 2.12 bits per heavy atom. The standard InChI is InChI=1S/C72H85N19O18S5/c1-14-26(3)47-63(105)78-30(7)57(99)75-28(5)56(98)76-31(8)58(100)91-72-19-18-40(66-85-43(22-111-66)59(101)77-29(6)55(97)74-27(4)54(73)96)81-52(72)42-21-112-67(83-42)49(34(11)109-69(107)41-20-37(32(9)92)36-16-17-39(79-47)51(95)50(36)80-41)89-60(102)44-24-113-68(86-44)53(71(13,108)35(12)94)90-62(104)45-23-110-65(84-45)38(15-2)82-64(106)48(33(10)93)88-61(103)46-25-114-70(72)87-46/h15-17,20-22,24-26,30-35,39,45,47-49,51-53,79,92-95,108H,4-6,14,18-19,23H2,1-3,7-13H3,(H2,73,96)(H,74,97)(H,75,99)(H,76,98)(H,77,101)(H,78,105)(H,82,106)(H,88,103)(H,89,102)(H,90,104)(H,91,100)/b38-15-/t26-,30-,31-,32-,33+,34+,35+,39+,45+,47?,48?,49-,51-,52+,53+,71+,72+/m0/s1. The van der Waals surface area contributed by atoms with Gasteiger partial charge < -0.3 is 89.2 Å². The highest BCUT2D eigenvalue weighted by molar-refractivity contribution is 8.14. The Bertz CT molecular complexity index is 4880. The molecule has 0 saturated heterocycles. The molecule has 18 N–H and O–H groups in total. The van der Waals surface area contributed by atoms with Crippen LogP contribution in [0, 0.1) is 5.92 Å². The summed E-state index contributed by atoms with van der Waals surface area (Å²) in [6, 6.07) is -11.6. The average molecular weight is 1660 g/mol. The van der Waals surface area contributed by atoms with Crippen molar-refractivity contribution in [2.75, 3.05) is 5.75 Å². The summed E-state index contributed by atoms with van der Waals surface area (Å²) < 4.78 is 6.26. The summed E-state index contributed by atoms with van der Waals surface area (Å²) in [6.07, 6.45) is -3.18. The van der Waals surface area contributed by atoms with Crippen molar-refractivity contribution in [3.05, 3.63) is 148 Å². The minimum Gasteiger partial charge on any atom is -0.455 e. The lowest BCUT2D eigenvalue weighted by atomic mass is 9.80. The largest absolute Gasteiger partial charge is 0.455 e. The maximum absolute atomic E-state index is 15.4. The van der Waals surface area contributed by atoms with Crippen molar-refractivity contribution < 1.29 is 87.8 Å². The van der Waals surface area contributed by atoms with Crippen molar-refractivity contribution in [1.82, 2.24) is 83.4 Å². The van der Waals surface area contributed by atoms with Crippen molar-refractivity contribution in [2.24, 2.45) is 21.6 Å². The Hall–Kier alpha value is -10.5. The molecule has 10 rings (SSSR count). The van der Waals surface area contributed by atoms with Crippen LogP contribution in [0.15, 0.2) is 92.2 Å². The maximum atomic E-state index is 15.4. The van der Waals surface area contributed by atoms with Gasteiger partial charge in [0.15, 0.2) is 0 Å². The number of aliphatic hydroxyl groups is 5. The summed E-state index contributed by atoms with van der Waals surface area (Å²) >= 11 is 4.42. The fraction of sp³-hybridized carbons (Fsp3) is 0.431. The van der Waals surface area contributed by atoms with Crippen molar-refractivity contribution in [1.29, 1.82) is 0 Å². The van der Waals surface area contributed by atoms with Gasteiger partial charge in [0.2, 0.25) is 29.5 Å². The van der Waals surface area contributed by atoms with Gasteiger partial charge >= 0.3 is 5.97 Å². The molecule has 5 aromatic rings. The quantitative estimate of drug-likeness (QED) is 0.0606. The summed E-state index contributed by atoms with van der Waals surface area (Å²) in [5.74, 6) is -12.2. The molecule has 4 aliphatic heterocycles. The van der Waals surface area contributed by atoms with E-state index in [0.717, 1.165) is 57.1 Å². The predicted octanol–water partition coefficient (Wildman–Crippen LogP) is 0.774. The molecule has 114 heavy (non-hydrogen) atoms. The first-order chi connectivity index (χ1) is 53.7. The summed E-state index contributed by atoms with van der Waals surface area (Å²) in [6.45, 7) is 24.9. The zero-order chi connectivity index (χ0) is 83.4. The number of pyridine rings is 1. The molecule has 9 heterocycles. The van der Waals surface area contributed by atoms with Gasteiger partial charge in [0.25, 0.3) is 35.4 Å². The number of thiazole rings is 4. The van der Waals surface area contributed by atoms with Crippen LogP contribution in [0.4, 0.5) is 0 Å². The van der Waals surface area contributed by atoms with Crippen LogP contribution in [0.3, 0.4) is 0 Å². The van der Waals surface area contributed by atoms with E-state index < -0.39 is 196 Å². The average Bonchev–Trinajstić information content (AvgIpc) is 1.50. The van der Waals surface area contributed by atoms with E-state index in [4.69, 9.17) is 25.4 Å². The molecule has 42 heteroatoms. The maximum Gasteiger partial charge on any atom is 0.357 e. The number of primary amides is 1. The van der Waals surface area contributed by atoms with E-state index in [1.807, 2.05) is 0 Å². The van der Waals surface area contributed by atoms with E-state index in [2.05, 4.69) is 98.2 Å². The number of hydrogen-bond acceptors (Lipinski definition) is 31. The lowest BCUT2D eigenvalue weighted by Gasteiger charge is -2.41. The summed E-state index contributed by atoms with van der Waals surface area (Å²) in [5, 5.41) is 92.2. The molecule has 0 fully saturated rings. The second kappa shape index (κ2) is 35.5. The number of carbonyl (C=O) groups excluding carboxylic acids is 12. The number of cyclic esters (lactones) is 1. The van der Waals surface area contributed by atoms with Gasteiger partial charge in [0, 0.05) is 32.8 Å². The molecule has 0 radical (unpaired) electrons. The van der Waals surface area contributed by atoms with Gasteiger partial charge in [0.1, 0.15) is 113 Å². The highest BCUT2D eigenvalue weighted by atomic mass is 32.2. The molecule has 0 saturated carbocycles. The van der Waals surface area contributed by atoms with Crippen molar-refractivity contribution >= 4 is 145 Å². The molecule has 13 bridgehead atoms. The molecule has 1 aliphatic carbocycles. The summed E-state index contributed by atoms with van der Waals surface area (Å²) in [4.78, 5) is 204. The molecule has 5 aromatic heterocycles. The van der Waals surface area contributed by atoms with Crippen LogP contribution >= 0.6 is 57.1 Å². The fourth-order valence-electron chi connectivity index (χ4n) is 12.3.